The Morgan fingerprint density at radius 2 is 2.00 bits per heavy atom. The van der Waals surface area contributed by atoms with Crippen molar-refractivity contribution < 1.29 is 9.53 Å². The first-order chi connectivity index (χ1) is 11.1. The molecule has 3 rings (SSSR count). The fourth-order valence-electron chi connectivity index (χ4n) is 3.00. The smallest absolute Gasteiger partial charge is 0.258 e. The Kier molecular flexibility index (Phi) is 6.10. The van der Waals surface area contributed by atoms with E-state index in [1.54, 1.807) is 0 Å². The number of carbonyl (C=O) groups is 1. The normalized spacial score (nSPS) is 15.8. The fraction of sp³-hybridized carbons (Fsp3) is 0.316. The lowest BCUT2D eigenvalue weighted by molar-refractivity contribution is -0.123. The number of amides is 1. The Hall–Kier alpha value is -2.20. The number of aryl methyl sites for hydroxylation is 2. The van der Waals surface area contributed by atoms with Crippen molar-refractivity contribution in [2.45, 2.75) is 32.2 Å². The molecule has 4 nitrogen and oxygen atoms in total. The number of nitrogens with one attached hydrogen (secondary N) is 1. The maximum absolute atomic E-state index is 12.2. The zero-order valence-electron chi connectivity index (χ0n) is 13.7. The van der Waals surface area contributed by atoms with E-state index in [0.29, 0.717) is 5.75 Å². The molecule has 0 heterocycles. The molecule has 1 atom stereocenters. The second-order valence-electron chi connectivity index (χ2n) is 6.07. The maximum atomic E-state index is 12.2. The van der Waals surface area contributed by atoms with Crippen LogP contribution in [0.5, 0.6) is 5.75 Å². The molecule has 1 aliphatic rings. The van der Waals surface area contributed by atoms with Crippen molar-refractivity contribution in [1.82, 2.24) is 5.32 Å². The number of halogens is 1. The van der Waals surface area contributed by atoms with Crippen LogP contribution in [0.4, 0.5) is 5.69 Å². The number of hydrogen-bond acceptors (Lipinski definition) is 3. The van der Waals surface area contributed by atoms with Gasteiger partial charge in [0.15, 0.2) is 6.61 Å². The quantitative estimate of drug-likeness (QED) is 0.832. The first kappa shape index (κ1) is 18.1. The highest BCUT2D eigenvalue weighted by Crippen LogP contribution is 2.30. The first-order valence-electron chi connectivity index (χ1n) is 7.99. The van der Waals surface area contributed by atoms with E-state index in [4.69, 9.17) is 10.5 Å². The third-order valence-electron chi connectivity index (χ3n) is 4.21. The molecule has 0 aliphatic heterocycles. The second-order valence-corrected chi connectivity index (χ2v) is 6.07. The molecule has 1 amide bonds. The Morgan fingerprint density at radius 3 is 2.75 bits per heavy atom. The number of hydrogen-bond donors (Lipinski definition) is 2. The van der Waals surface area contributed by atoms with Gasteiger partial charge in [-0.15, -0.1) is 12.4 Å². The lowest BCUT2D eigenvalue weighted by atomic mass is 9.87. The average molecular weight is 347 g/mol. The molecule has 0 spiro atoms. The van der Waals surface area contributed by atoms with Gasteiger partial charge < -0.3 is 15.8 Å². The molecule has 0 bridgehead atoms. The Morgan fingerprint density at radius 1 is 1.25 bits per heavy atom. The molecular weight excluding hydrogens is 324 g/mol. The van der Waals surface area contributed by atoms with Crippen LogP contribution in [-0.4, -0.2) is 12.5 Å². The summed E-state index contributed by atoms with van der Waals surface area (Å²) in [5.41, 5.74) is 10.2. The largest absolute Gasteiger partial charge is 0.484 e. The van der Waals surface area contributed by atoms with Crippen LogP contribution in [0.15, 0.2) is 42.5 Å². The molecular formula is C19H23ClN2O2. The van der Waals surface area contributed by atoms with Gasteiger partial charge in [0.1, 0.15) is 5.75 Å². The molecule has 0 fully saturated rings. The van der Waals surface area contributed by atoms with E-state index in [9.17, 15) is 4.79 Å². The van der Waals surface area contributed by atoms with Gasteiger partial charge in [-0.25, -0.2) is 0 Å². The summed E-state index contributed by atoms with van der Waals surface area (Å²) in [4.78, 5) is 12.2. The van der Waals surface area contributed by atoms with Crippen LogP contribution in [-0.2, 0) is 11.2 Å². The molecule has 128 valence electrons. The van der Waals surface area contributed by atoms with E-state index in [1.165, 1.54) is 16.7 Å². The number of rotatable bonds is 4. The monoisotopic (exact) mass is 346 g/mol. The zero-order valence-corrected chi connectivity index (χ0v) is 14.6. The van der Waals surface area contributed by atoms with Crippen LogP contribution in [0.3, 0.4) is 0 Å². The molecule has 5 heteroatoms. The van der Waals surface area contributed by atoms with Gasteiger partial charge in [-0.3, -0.25) is 4.79 Å². The summed E-state index contributed by atoms with van der Waals surface area (Å²) < 4.78 is 5.54. The molecule has 2 aromatic rings. The van der Waals surface area contributed by atoms with Crippen molar-refractivity contribution in [1.29, 1.82) is 0 Å². The van der Waals surface area contributed by atoms with E-state index in [-0.39, 0.29) is 31.0 Å². The van der Waals surface area contributed by atoms with Crippen LogP contribution in [0.2, 0.25) is 0 Å². The van der Waals surface area contributed by atoms with E-state index in [1.807, 2.05) is 49.4 Å². The highest BCUT2D eigenvalue weighted by molar-refractivity contribution is 5.85. The van der Waals surface area contributed by atoms with Crippen LogP contribution in [0.1, 0.15) is 35.6 Å². The lowest BCUT2D eigenvalue weighted by Crippen LogP contribution is -2.34. The van der Waals surface area contributed by atoms with Crippen molar-refractivity contribution in [3.63, 3.8) is 0 Å². The predicted octanol–water partition coefficient (Wildman–Crippen LogP) is 3.57. The van der Waals surface area contributed by atoms with E-state index in [0.717, 1.165) is 24.9 Å². The van der Waals surface area contributed by atoms with Gasteiger partial charge in [-0.1, -0.05) is 23.8 Å². The number of ether oxygens (including phenoxy) is 1. The molecule has 3 N–H and O–H groups in total. The van der Waals surface area contributed by atoms with Crippen molar-refractivity contribution >= 4 is 24.0 Å². The first-order valence-corrected chi connectivity index (χ1v) is 7.99. The zero-order chi connectivity index (χ0) is 16.2. The van der Waals surface area contributed by atoms with Crippen molar-refractivity contribution in [3.05, 3.63) is 59.2 Å². The van der Waals surface area contributed by atoms with Crippen LogP contribution in [0, 0.1) is 6.92 Å². The van der Waals surface area contributed by atoms with Crippen LogP contribution >= 0.6 is 12.4 Å². The van der Waals surface area contributed by atoms with Gasteiger partial charge in [0, 0.05) is 5.69 Å². The Balaban J connectivity index is 0.00000208. The van der Waals surface area contributed by atoms with Crippen molar-refractivity contribution in [2.24, 2.45) is 0 Å². The highest BCUT2D eigenvalue weighted by atomic mass is 35.5. The number of anilines is 1. The average Bonchev–Trinajstić information content (AvgIpc) is 2.54. The standard InChI is InChI=1S/C19H22N2O2.ClH/c1-13-5-8-16(9-6-13)23-12-19(22)21-18-4-2-3-14-11-15(20)7-10-17(14)18;/h5-11,18H,2-4,12,20H2,1H3,(H,21,22);1H. The molecule has 0 aromatic heterocycles. The fourth-order valence-corrected chi connectivity index (χ4v) is 3.00. The summed E-state index contributed by atoms with van der Waals surface area (Å²) in [5, 5.41) is 3.07. The third kappa shape index (κ3) is 4.42. The third-order valence-corrected chi connectivity index (χ3v) is 4.21. The Labute approximate surface area is 148 Å². The number of benzene rings is 2. The van der Waals surface area contributed by atoms with Crippen molar-refractivity contribution in [3.8, 4) is 5.75 Å². The molecule has 0 saturated heterocycles. The van der Waals surface area contributed by atoms with E-state index in [2.05, 4.69) is 5.32 Å². The summed E-state index contributed by atoms with van der Waals surface area (Å²) in [6, 6.07) is 13.7. The Bertz CT molecular complexity index is 701. The van der Waals surface area contributed by atoms with Crippen molar-refractivity contribution in [2.75, 3.05) is 12.3 Å². The van der Waals surface area contributed by atoms with E-state index >= 15 is 0 Å². The molecule has 0 saturated carbocycles. The maximum Gasteiger partial charge on any atom is 0.258 e. The lowest BCUT2D eigenvalue weighted by Gasteiger charge is -2.26. The minimum atomic E-state index is -0.0970. The number of nitrogens with two attached hydrogens (primary N) is 1. The summed E-state index contributed by atoms with van der Waals surface area (Å²) in [5.74, 6) is 0.614. The summed E-state index contributed by atoms with van der Waals surface area (Å²) in [6.07, 6.45) is 3.03. The minimum Gasteiger partial charge on any atom is -0.484 e. The van der Waals surface area contributed by atoms with Gasteiger partial charge in [-0.05, 0) is 61.6 Å². The summed E-state index contributed by atoms with van der Waals surface area (Å²) in [7, 11) is 0. The van der Waals surface area contributed by atoms with Crippen LogP contribution < -0.4 is 15.8 Å². The molecule has 24 heavy (non-hydrogen) atoms. The van der Waals surface area contributed by atoms with Gasteiger partial charge >= 0.3 is 0 Å². The van der Waals surface area contributed by atoms with E-state index < -0.39 is 0 Å². The number of carbonyl (C=O) groups excluding carboxylic acids is 1. The van der Waals surface area contributed by atoms with Gasteiger partial charge in [0.2, 0.25) is 0 Å². The highest BCUT2D eigenvalue weighted by Gasteiger charge is 2.21. The second kappa shape index (κ2) is 8.06. The summed E-state index contributed by atoms with van der Waals surface area (Å²) >= 11 is 0. The molecule has 1 unspecified atom stereocenters. The summed E-state index contributed by atoms with van der Waals surface area (Å²) in [6.45, 7) is 2.05. The van der Waals surface area contributed by atoms with Crippen LogP contribution in [0.25, 0.3) is 0 Å². The number of nitrogen functional groups attached to an aromatic ring is 1. The van der Waals surface area contributed by atoms with Gasteiger partial charge in [-0.2, -0.15) is 0 Å². The topological polar surface area (TPSA) is 64.3 Å². The molecule has 1 aliphatic carbocycles. The SMILES string of the molecule is Cc1ccc(OCC(=O)NC2CCCc3cc(N)ccc32)cc1.Cl. The van der Waals surface area contributed by atoms with Gasteiger partial charge in [0.05, 0.1) is 6.04 Å². The predicted molar refractivity (Wildman–Crippen MR) is 98.6 cm³/mol. The van der Waals surface area contributed by atoms with Gasteiger partial charge in [0.25, 0.3) is 5.91 Å². The molecule has 2 aromatic carbocycles. The molecule has 0 radical (unpaired) electrons. The number of fused-ring (bicyclic) bond motifs is 1. The minimum absolute atomic E-state index is 0.